The van der Waals surface area contributed by atoms with Crippen LogP contribution in [-0.4, -0.2) is 26.2 Å². The highest BCUT2D eigenvalue weighted by atomic mass is 32.2. The number of carbonyl (C=O) groups excluding carboxylic acids is 1. The normalized spacial score (nSPS) is 12.8. The summed E-state index contributed by atoms with van der Waals surface area (Å²) in [6.07, 6.45) is 1.22. The Balaban J connectivity index is 3.40. The van der Waals surface area contributed by atoms with Gasteiger partial charge in [0, 0.05) is 4.88 Å². The van der Waals surface area contributed by atoms with Crippen LogP contribution < -0.4 is 0 Å². The summed E-state index contributed by atoms with van der Waals surface area (Å²) >= 11 is 1.17. The standard InChI is InChI=1S/C13H15NO4S2/c1-13(2,3)20(16,17)9(8-14)7-11-10(5-6-19-11)12(15)18-4/h5-7H,1-4H3/b9-7+. The Hall–Kier alpha value is -1.65. The van der Waals surface area contributed by atoms with E-state index in [1.165, 1.54) is 51.4 Å². The highest BCUT2D eigenvalue weighted by molar-refractivity contribution is 7.97. The molecule has 0 amide bonds. The number of rotatable bonds is 3. The zero-order valence-electron chi connectivity index (χ0n) is 11.6. The highest BCUT2D eigenvalue weighted by Gasteiger charge is 2.33. The number of nitrogens with zero attached hydrogens (tertiary/aromatic N) is 1. The molecule has 0 spiro atoms. The molecule has 0 unspecified atom stereocenters. The van der Waals surface area contributed by atoms with Crippen LogP contribution in [0.25, 0.3) is 6.08 Å². The lowest BCUT2D eigenvalue weighted by atomic mass is 10.2. The van der Waals surface area contributed by atoms with Crippen LogP contribution in [0.15, 0.2) is 16.4 Å². The maximum Gasteiger partial charge on any atom is 0.339 e. The van der Waals surface area contributed by atoms with Crippen LogP contribution in [0.5, 0.6) is 0 Å². The zero-order valence-corrected chi connectivity index (χ0v) is 13.3. The van der Waals surface area contributed by atoms with Crippen LogP contribution in [0, 0.1) is 11.3 Å². The Morgan fingerprint density at radius 3 is 2.50 bits per heavy atom. The molecule has 1 rings (SSSR count). The summed E-state index contributed by atoms with van der Waals surface area (Å²) in [6.45, 7) is 4.55. The fraction of sp³-hybridized carbons (Fsp3) is 0.385. The van der Waals surface area contributed by atoms with Gasteiger partial charge in [0.2, 0.25) is 0 Å². The third-order valence-electron chi connectivity index (χ3n) is 2.57. The van der Waals surface area contributed by atoms with E-state index in [0.717, 1.165) is 0 Å². The molecular weight excluding hydrogens is 298 g/mol. The first-order valence-corrected chi connectivity index (χ1v) is 8.03. The molecule has 1 aromatic rings. The van der Waals surface area contributed by atoms with Gasteiger partial charge in [0.1, 0.15) is 11.0 Å². The van der Waals surface area contributed by atoms with Crippen molar-refractivity contribution in [2.45, 2.75) is 25.5 Å². The average Bonchev–Trinajstić information content (AvgIpc) is 2.81. The number of hydrogen-bond acceptors (Lipinski definition) is 6. The number of methoxy groups -OCH3 is 1. The van der Waals surface area contributed by atoms with Gasteiger partial charge in [0.15, 0.2) is 9.84 Å². The molecular formula is C13H15NO4S2. The molecule has 0 fully saturated rings. The number of ether oxygens (including phenoxy) is 1. The van der Waals surface area contributed by atoms with Crippen molar-refractivity contribution in [1.29, 1.82) is 5.26 Å². The maximum atomic E-state index is 12.3. The number of hydrogen-bond donors (Lipinski definition) is 0. The molecule has 7 heteroatoms. The van der Waals surface area contributed by atoms with Crippen LogP contribution in [0.1, 0.15) is 36.0 Å². The SMILES string of the molecule is COC(=O)c1ccsc1/C=C(\C#N)S(=O)(=O)C(C)(C)C. The summed E-state index contributed by atoms with van der Waals surface area (Å²) in [5, 5.41) is 10.7. The number of sulfone groups is 1. The predicted molar refractivity (Wildman–Crippen MR) is 77.9 cm³/mol. The first-order valence-electron chi connectivity index (χ1n) is 5.67. The Kier molecular flexibility index (Phi) is 4.73. The van der Waals surface area contributed by atoms with E-state index in [0.29, 0.717) is 4.88 Å². The molecule has 0 radical (unpaired) electrons. The van der Waals surface area contributed by atoms with E-state index < -0.39 is 20.6 Å². The molecule has 0 aliphatic heterocycles. The largest absolute Gasteiger partial charge is 0.465 e. The molecule has 5 nitrogen and oxygen atoms in total. The van der Waals surface area contributed by atoms with Crippen molar-refractivity contribution in [3.63, 3.8) is 0 Å². The van der Waals surface area contributed by atoms with Gasteiger partial charge < -0.3 is 4.74 Å². The maximum absolute atomic E-state index is 12.3. The van der Waals surface area contributed by atoms with E-state index in [9.17, 15) is 13.2 Å². The van der Waals surface area contributed by atoms with Gasteiger partial charge in [-0.2, -0.15) is 5.26 Å². The lowest BCUT2D eigenvalue weighted by Crippen LogP contribution is -2.28. The first-order chi connectivity index (χ1) is 9.15. The van der Waals surface area contributed by atoms with Crippen LogP contribution in [0.2, 0.25) is 0 Å². The number of carbonyl (C=O) groups is 1. The van der Waals surface area contributed by atoms with Crippen LogP contribution in [0.4, 0.5) is 0 Å². The van der Waals surface area contributed by atoms with Gasteiger partial charge in [-0.3, -0.25) is 0 Å². The van der Waals surface area contributed by atoms with Crippen LogP contribution in [0.3, 0.4) is 0 Å². The minimum absolute atomic E-state index is 0.245. The second-order valence-electron chi connectivity index (χ2n) is 4.93. The van der Waals surface area contributed by atoms with Gasteiger partial charge in [-0.15, -0.1) is 11.3 Å². The van der Waals surface area contributed by atoms with E-state index in [1.807, 2.05) is 0 Å². The summed E-state index contributed by atoms with van der Waals surface area (Å²) < 4.78 is 28.0. The Labute approximate surface area is 122 Å². The van der Waals surface area contributed by atoms with Crippen LogP contribution in [-0.2, 0) is 14.6 Å². The molecule has 0 aromatic carbocycles. The summed E-state index contributed by atoms with van der Waals surface area (Å²) in [6, 6.07) is 3.23. The molecule has 108 valence electrons. The monoisotopic (exact) mass is 313 g/mol. The second-order valence-corrected chi connectivity index (χ2v) is 8.55. The van der Waals surface area contributed by atoms with E-state index in [1.54, 1.807) is 11.4 Å². The van der Waals surface area contributed by atoms with Gasteiger partial charge in [-0.25, -0.2) is 13.2 Å². The third kappa shape index (κ3) is 3.08. The molecule has 0 saturated carbocycles. The summed E-state index contributed by atoms with van der Waals surface area (Å²) in [5.41, 5.74) is 0.245. The average molecular weight is 313 g/mol. The van der Waals surface area contributed by atoms with E-state index in [4.69, 9.17) is 5.26 Å². The zero-order chi connectivity index (χ0) is 15.6. The minimum atomic E-state index is -3.76. The number of nitriles is 1. The molecule has 0 aliphatic rings. The number of thiophene rings is 1. The predicted octanol–water partition coefficient (Wildman–Crippen LogP) is 2.61. The van der Waals surface area contributed by atoms with Crippen LogP contribution >= 0.6 is 11.3 Å². The summed E-state index contributed by atoms with van der Waals surface area (Å²) in [7, 11) is -2.52. The van der Waals surface area contributed by atoms with Crippen molar-refractivity contribution in [1.82, 2.24) is 0 Å². The van der Waals surface area contributed by atoms with Crippen molar-refractivity contribution >= 4 is 33.2 Å². The minimum Gasteiger partial charge on any atom is -0.465 e. The quantitative estimate of drug-likeness (QED) is 0.632. The molecule has 0 saturated heterocycles. The molecule has 0 aliphatic carbocycles. The van der Waals surface area contributed by atoms with Gasteiger partial charge >= 0.3 is 5.97 Å². The van der Waals surface area contributed by atoms with E-state index in [2.05, 4.69) is 4.74 Å². The van der Waals surface area contributed by atoms with Gasteiger partial charge in [-0.1, -0.05) is 0 Å². The van der Waals surface area contributed by atoms with Crippen molar-refractivity contribution < 1.29 is 17.9 Å². The summed E-state index contributed by atoms with van der Waals surface area (Å²) in [5.74, 6) is -0.567. The third-order valence-corrected chi connectivity index (χ3v) is 5.83. The Morgan fingerprint density at radius 2 is 2.05 bits per heavy atom. The second kappa shape index (κ2) is 5.77. The Bertz CT molecular complexity index is 685. The van der Waals surface area contributed by atoms with Crippen molar-refractivity contribution in [2.75, 3.05) is 7.11 Å². The first kappa shape index (κ1) is 16.4. The molecule has 0 atom stereocenters. The fourth-order valence-corrected chi connectivity index (χ4v) is 3.27. The molecule has 1 aromatic heterocycles. The van der Waals surface area contributed by atoms with E-state index >= 15 is 0 Å². The van der Waals surface area contributed by atoms with Gasteiger partial charge in [0.25, 0.3) is 0 Å². The smallest absolute Gasteiger partial charge is 0.339 e. The molecule has 0 N–H and O–H groups in total. The molecule has 20 heavy (non-hydrogen) atoms. The number of esters is 1. The lowest BCUT2D eigenvalue weighted by molar-refractivity contribution is 0.0601. The topological polar surface area (TPSA) is 84.2 Å². The fourth-order valence-electron chi connectivity index (χ4n) is 1.33. The van der Waals surface area contributed by atoms with E-state index in [-0.39, 0.29) is 10.5 Å². The molecule has 1 heterocycles. The van der Waals surface area contributed by atoms with Crippen molar-refractivity contribution in [3.8, 4) is 6.07 Å². The lowest BCUT2D eigenvalue weighted by Gasteiger charge is -2.18. The van der Waals surface area contributed by atoms with Crippen molar-refractivity contribution in [2.24, 2.45) is 0 Å². The van der Waals surface area contributed by atoms with Crippen molar-refractivity contribution in [3.05, 3.63) is 26.8 Å². The van der Waals surface area contributed by atoms with Gasteiger partial charge in [-0.05, 0) is 38.3 Å². The van der Waals surface area contributed by atoms with Gasteiger partial charge in [0.05, 0.1) is 17.4 Å². The highest BCUT2D eigenvalue weighted by Crippen LogP contribution is 2.28. The Morgan fingerprint density at radius 1 is 1.45 bits per heavy atom. The number of allylic oxidation sites excluding steroid dienone is 1. The molecule has 0 bridgehead atoms. The summed E-state index contributed by atoms with van der Waals surface area (Å²) in [4.78, 5) is 11.6.